The highest BCUT2D eigenvalue weighted by Crippen LogP contribution is 2.16. The van der Waals surface area contributed by atoms with Crippen LogP contribution in [0.3, 0.4) is 0 Å². The highest BCUT2D eigenvalue weighted by Gasteiger charge is 2.31. The Balaban J connectivity index is 1.48. The SMILES string of the molecule is O=C(C[C@@H]1COCCN1C(=O)c1cn2cccnc2n1)Nc1cccnc1. The Hall–Kier alpha value is -3.33. The number of carbonyl (C=O) groups excluding carboxylic acids is 2. The van der Waals surface area contributed by atoms with Gasteiger partial charge in [0.15, 0.2) is 0 Å². The zero-order valence-electron chi connectivity index (χ0n) is 14.5. The van der Waals surface area contributed by atoms with Gasteiger partial charge in [0.05, 0.1) is 31.1 Å². The Kier molecular flexibility index (Phi) is 4.75. The molecule has 0 aromatic carbocycles. The van der Waals surface area contributed by atoms with Crippen LogP contribution in [0.4, 0.5) is 5.69 Å². The first-order valence-electron chi connectivity index (χ1n) is 8.59. The second-order valence-corrected chi connectivity index (χ2v) is 6.17. The van der Waals surface area contributed by atoms with Crippen molar-refractivity contribution < 1.29 is 14.3 Å². The number of nitrogens with one attached hydrogen (secondary N) is 1. The van der Waals surface area contributed by atoms with E-state index in [-0.39, 0.29) is 24.3 Å². The van der Waals surface area contributed by atoms with Crippen molar-refractivity contribution in [2.24, 2.45) is 0 Å². The third-order valence-corrected chi connectivity index (χ3v) is 4.31. The van der Waals surface area contributed by atoms with Crippen molar-refractivity contribution in [3.8, 4) is 0 Å². The molecule has 1 aliphatic heterocycles. The van der Waals surface area contributed by atoms with Crippen LogP contribution in [-0.2, 0) is 9.53 Å². The van der Waals surface area contributed by atoms with E-state index in [1.54, 1.807) is 58.5 Å². The van der Waals surface area contributed by atoms with Crippen molar-refractivity contribution in [2.45, 2.75) is 12.5 Å². The van der Waals surface area contributed by atoms with Crippen molar-refractivity contribution >= 4 is 23.3 Å². The third kappa shape index (κ3) is 3.77. The van der Waals surface area contributed by atoms with Gasteiger partial charge in [-0.3, -0.25) is 19.0 Å². The molecule has 0 bridgehead atoms. The standard InChI is InChI=1S/C18H18N6O3/c25-16(21-13-3-1-4-19-10-13)9-14-12-27-8-7-24(14)17(26)15-11-23-6-2-5-20-18(23)22-15/h1-6,10-11,14H,7-9,12H2,(H,21,25)/t14-/m1/s1. The van der Waals surface area contributed by atoms with Gasteiger partial charge >= 0.3 is 0 Å². The monoisotopic (exact) mass is 366 g/mol. The molecule has 1 saturated heterocycles. The lowest BCUT2D eigenvalue weighted by Gasteiger charge is -2.34. The number of anilines is 1. The Morgan fingerprint density at radius 2 is 2.22 bits per heavy atom. The summed E-state index contributed by atoms with van der Waals surface area (Å²) in [4.78, 5) is 39.3. The minimum absolute atomic E-state index is 0.131. The van der Waals surface area contributed by atoms with Gasteiger partial charge < -0.3 is 15.0 Å². The van der Waals surface area contributed by atoms with Gasteiger partial charge in [-0.2, -0.15) is 0 Å². The molecule has 4 heterocycles. The number of morpholine rings is 1. The molecule has 3 aromatic heterocycles. The molecule has 0 spiro atoms. The summed E-state index contributed by atoms with van der Waals surface area (Å²) in [6, 6.07) is 4.91. The molecule has 2 amide bonds. The number of ether oxygens (including phenoxy) is 1. The predicted octanol–water partition coefficient (Wildman–Crippen LogP) is 0.994. The molecule has 0 aliphatic carbocycles. The first-order chi connectivity index (χ1) is 13.2. The number of pyridine rings is 1. The molecule has 1 aliphatic rings. The molecule has 138 valence electrons. The van der Waals surface area contributed by atoms with E-state index in [9.17, 15) is 9.59 Å². The zero-order valence-corrected chi connectivity index (χ0v) is 14.5. The number of amides is 2. The van der Waals surface area contributed by atoms with E-state index < -0.39 is 0 Å². The summed E-state index contributed by atoms with van der Waals surface area (Å²) in [5.41, 5.74) is 0.914. The second-order valence-electron chi connectivity index (χ2n) is 6.17. The van der Waals surface area contributed by atoms with E-state index in [2.05, 4.69) is 20.3 Å². The maximum Gasteiger partial charge on any atom is 0.274 e. The first kappa shape index (κ1) is 17.1. The molecule has 1 N–H and O–H groups in total. The van der Waals surface area contributed by atoms with Crippen molar-refractivity contribution in [1.82, 2.24) is 24.3 Å². The summed E-state index contributed by atoms with van der Waals surface area (Å²) in [7, 11) is 0. The minimum Gasteiger partial charge on any atom is -0.377 e. The Morgan fingerprint density at radius 3 is 3.04 bits per heavy atom. The van der Waals surface area contributed by atoms with Crippen LogP contribution in [0, 0.1) is 0 Å². The number of imidazole rings is 1. The summed E-state index contributed by atoms with van der Waals surface area (Å²) in [6.07, 6.45) is 8.39. The van der Waals surface area contributed by atoms with Gasteiger partial charge in [0.2, 0.25) is 11.7 Å². The largest absolute Gasteiger partial charge is 0.377 e. The Labute approximate surface area is 155 Å². The average Bonchev–Trinajstić information content (AvgIpc) is 3.13. The fourth-order valence-corrected chi connectivity index (χ4v) is 3.03. The molecule has 9 heteroatoms. The van der Waals surface area contributed by atoms with Gasteiger partial charge in [-0.1, -0.05) is 0 Å². The van der Waals surface area contributed by atoms with Crippen LogP contribution in [0.25, 0.3) is 5.78 Å². The number of carbonyl (C=O) groups is 2. The molecule has 0 radical (unpaired) electrons. The molecular weight excluding hydrogens is 348 g/mol. The smallest absolute Gasteiger partial charge is 0.274 e. The van der Waals surface area contributed by atoms with Crippen LogP contribution in [0.5, 0.6) is 0 Å². The summed E-state index contributed by atoms with van der Waals surface area (Å²) < 4.78 is 7.18. The van der Waals surface area contributed by atoms with Crippen LogP contribution < -0.4 is 5.32 Å². The molecule has 1 atom stereocenters. The van der Waals surface area contributed by atoms with E-state index in [1.807, 2.05) is 0 Å². The van der Waals surface area contributed by atoms with Crippen LogP contribution in [-0.4, -0.2) is 61.9 Å². The molecule has 9 nitrogen and oxygen atoms in total. The lowest BCUT2D eigenvalue weighted by molar-refractivity contribution is -0.118. The fraction of sp³-hybridized carbons (Fsp3) is 0.278. The van der Waals surface area contributed by atoms with Gasteiger partial charge in [0.1, 0.15) is 5.69 Å². The van der Waals surface area contributed by atoms with Crippen LogP contribution in [0.2, 0.25) is 0 Å². The molecule has 27 heavy (non-hydrogen) atoms. The summed E-state index contributed by atoms with van der Waals surface area (Å²) in [5, 5.41) is 2.79. The molecule has 3 aromatic rings. The number of nitrogens with zero attached hydrogens (tertiary/aromatic N) is 5. The molecule has 1 fully saturated rings. The average molecular weight is 366 g/mol. The normalized spacial score (nSPS) is 17.0. The number of fused-ring (bicyclic) bond motifs is 1. The Bertz CT molecular complexity index is 925. The summed E-state index contributed by atoms with van der Waals surface area (Å²) >= 11 is 0. The Morgan fingerprint density at radius 1 is 1.30 bits per heavy atom. The van der Waals surface area contributed by atoms with Crippen molar-refractivity contribution in [3.05, 3.63) is 54.9 Å². The topological polar surface area (TPSA) is 102 Å². The van der Waals surface area contributed by atoms with E-state index >= 15 is 0 Å². The van der Waals surface area contributed by atoms with E-state index in [0.29, 0.717) is 36.9 Å². The molecule has 0 saturated carbocycles. The number of hydrogen-bond donors (Lipinski definition) is 1. The van der Waals surface area contributed by atoms with E-state index in [4.69, 9.17) is 4.74 Å². The van der Waals surface area contributed by atoms with Crippen LogP contribution in [0.1, 0.15) is 16.9 Å². The molecule has 4 rings (SSSR count). The highest BCUT2D eigenvalue weighted by atomic mass is 16.5. The lowest BCUT2D eigenvalue weighted by atomic mass is 10.1. The van der Waals surface area contributed by atoms with Gasteiger partial charge in [0.25, 0.3) is 5.91 Å². The zero-order chi connectivity index (χ0) is 18.6. The van der Waals surface area contributed by atoms with Gasteiger partial charge in [-0.15, -0.1) is 0 Å². The van der Waals surface area contributed by atoms with Crippen LogP contribution in [0.15, 0.2) is 49.2 Å². The van der Waals surface area contributed by atoms with Gasteiger partial charge in [0, 0.05) is 37.8 Å². The minimum atomic E-state index is -0.360. The highest BCUT2D eigenvalue weighted by molar-refractivity contribution is 5.94. The summed E-state index contributed by atoms with van der Waals surface area (Å²) in [5.74, 6) is 0.0240. The van der Waals surface area contributed by atoms with E-state index in [0.717, 1.165) is 0 Å². The number of hydrogen-bond acceptors (Lipinski definition) is 6. The van der Waals surface area contributed by atoms with Gasteiger partial charge in [-0.25, -0.2) is 9.97 Å². The maximum atomic E-state index is 12.9. The molecular formula is C18H18N6O3. The van der Waals surface area contributed by atoms with Crippen LogP contribution >= 0.6 is 0 Å². The second kappa shape index (κ2) is 7.50. The fourth-order valence-electron chi connectivity index (χ4n) is 3.03. The van der Waals surface area contributed by atoms with Crippen molar-refractivity contribution in [2.75, 3.05) is 25.1 Å². The first-order valence-corrected chi connectivity index (χ1v) is 8.59. The number of aromatic nitrogens is 4. The maximum absolute atomic E-state index is 12.9. The van der Waals surface area contributed by atoms with Crippen molar-refractivity contribution in [1.29, 1.82) is 0 Å². The van der Waals surface area contributed by atoms with E-state index in [1.165, 1.54) is 0 Å². The molecule has 0 unspecified atom stereocenters. The quantitative estimate of drug-likeness (QED) is 0.739. The van der Waals surface area contributed by atoms with Gasteiger partial charge in [-0.05, 0) is 18.2 Å². The third-order valence-electron chi connectivity index (χ3n) is 4.31. The summed E-state index contributed by atoms with van der Waals surface area (Å²) in [6.45, 7) is 1.14. The predicted molar refractivity (Wildman–Crippen MR) is 96.1 cm³/mol. The number of rotatable bonds is 4. The van der Waals surface area contributed by atoms with Crippen molar-refractivity contribution in [3.63, 3.8) is 0 Å². The lowest BCUT2D eigenvalue weighted by Crippen LogP contribution is -2.50.